The Morgan fingerprint density at radius 2 is 1.51 bits per heavy atom. The maximum Gasteiger partial charge on any atom is 0.239 e. The number of imide groups is 1. The number of ether oxygens (including phenoxy) is 1. The van der Waals surface area contributed by atoms with Crippen molar-refractivity contribution < 1.29 is 14.3 Å². The molecule has 4 aliphatic rings. The summed E-state index contributed by atoms with van der Waals surface area (Å²) in [5, 5.41) is 0. The number of rotatable bonds is 5. The van der Waals surface area contributed by atoms with Crippen molar-refractivity contribution in [1.29, 1.82) is 0 Å². The summed E-state index contributed by atoms with van der Waals surface area (Å²) in [6.07, 6.45) is 1.94. The van der Waals surface area contributed by atoms with Gasteiger partial charge in [-0.3, -0.25) is 14.6 Å². The van der Waals surface area contributed by atoms with Crippen LogP contribution in [0.15, 0.2) is 102 Å². The number of nitrogens with zero attached hydrogens (tertiary/aromatic N) is 2. The molecule has 0 spiro atoms. The molecule has 1 aliphatic heterocycles. The zero-order valence-electron chi connectivity index (χ0n) is 21.9. The molecule has 39 heavy (non-hydrogen) atoms. The van der Waals surface area contributed by atoms with Crippen molar-refractivity contribution in [3.63, 3.8) is 0 Å². The Labute approximate surface area is 227 Å². The molecule has 192 valence electrons. The van der Waals surface area contributed by atoms with Gasteiger partial charge in [-0.25, -0.2) is 4.90 Å². The second-order valence-electron chi connectivity index (χ2n) is 10.6. The fourth-order valence-electron chi connectivity index (χ4n) is 7.05. The van der Waals surface area contributed by atoms with Crippen molar-refractivity contribution in [2.75, 3.05) is 11.5 Å². The summed E-state index contributed by atoms with van der Waals surface area (Å²) in [4.78, 5) is 35.1. The number of anilines is 1. The zero-order valence-corrected chi connectivity index (χ0v) is 21.9. The van der Waals surface area contributed by atoms with Gasteiger partial charge in [-0.15, -0.1) is 0 Å². The summed E-state index contributed by atoms with van der Waals surface area (Å²) < 4.78 is 5.59. The number of hydrogen-bond donors (Lipinski definition) is 0. The molecule has 5 heteroatoms. The highest BCUT2D eigenvalue weighted by molar-refractivity contribution is 6.25. The molecule has 1 heterocycles. The molecule has 0 radical (unpaired) electrons. The van der Waals surface area contributed by atoms with Crippen LogP contribution in [0.5, 0.6) is 5.75 Å². The van der Waals surface area contributed by atoms with Crippen LogP contribution in [0, 0.1) is 18.8 Å². The van der Waals surface area contributed by atoms with Crippen LogP contribution >= 0.6 is 0 Å². The number of benzene rings is 4. The quantitative estimate of drug-likeness (QED) is 0.231. The molecular formula is C34H28N2O3. The summed E-state index contributed by atoms with van der Waals surface area (Å²) in [7, 11) is 0. The van der Waals surface area contributed by atoms with Crippen LogP contribution in [0.1, 0.15) is 40.7 Å². The minimum atomic E-state index is -0.872. The van der Waals surface area contributed by atoms with Crippen LogP contribution in [0.2, 0.25) is 0 Å². The normalized spacial score (nSPS) is 24.6. The van der Waals surface area contributed by atoms with E-state index in [4.69, 9.17) is 9.73 Å². The molecule has 2 amide bonds. The average molecular weight is 513 g/mol. The maximum absolute atomic E-state index is 14.5. The first kappa shape index (κ1) is 23.6. The molecule has 2 atom stereocenters. The van der Waals surface area contributed by atoms with Crippen LogP contribution in [0.3, 0.4) is 0 Å². The molecular weight excluding hydrogens is 484 g/mol. The van der Waals surface area contributed by atoms with Crippen molar-refractivity contribution in [2.24, 2.45) is 16.8 Å². The Morgan fingerprint density at radius 1 is 0.846 bits per heavy atom. The first-order valence-corrected chi connectivity index (χ1v) is 13.5. The number of carbonyl (C=O) groups is 2. The third-order valence-corrected chi connectivity index (χ3v) is 8.51. The van der Waals surface area contributed by atoms with Gasteiger partial charge in [0.05, 0.1) is 35.2 Å². The van der Waals surface area contributed by atoms with E-state index in [0.29, 0.717) is 18.0 Å². The van der Waals surface area contributed by atoms with Crippen molar-refractivity contribution in [3.05, 3.63) is 125 Å². The molecule has 3 aliphatic carbocycles. The lowest BCUT2D eigenvalue weighted by atomic mass is 9.47. The van der Waals surface area contributed by atoms with Gasteiger partial charge in [-0.2, -0.15) is 0 Å². The van der Waals surface area contributed by atoms with E-state index in [1.807, 2.05) is 80.7 Å². The zero-order chi connectivity index (χ0) is 26.7. The molecule has 0 N–H and O–H groups in total. The van der Waals surface area contributed by atoms with E-state index in [1.54, 1.807) is 12.1 Å². The van der Waals surface area contributed by atoms with E-state index in [0.717, 1.165) is 33.5 Å². The van der Waals surface area contributed by atoms with Gasteiger partial charge in [-0.1, -0.05) is 60.7 Å². The SMILES string of the molecule is CCOc1ccc(N2C(=O)[C@@H]3C4c5ccccc5C(C=Nc5cccc(C)c5)(c5ccccc54)[C@@H]3C2=O)cc1. The Morgan fingerprint density at radius 3 is 2.15 bits per heavy atom. The van der Waals surface area contributed by atoms with E-state index in [9.17, 15) is 9.59 Å². The van der Waals surface area contributed by atoms with Crippen LogP contribution < -0.4 is 9.64 Å². The average Bonchev–Trinajstić information content (AvgIpc) is 3.23. The fraction of sp³-hybridized carbons (Fsp3) is 0.206. The lowest BCUT2D eigenvalue weighted by Gasteiger charge is -2.52. The van der Waals surface area contributed by atoms with Crippen LogP contribution in [0.4, 0.5) is 11.4 Å². The van der Waals surface area contributed by atoms with Crippen molar-refractivity contribution >= 4 is 29.4 Å². The molecule has 0 unspecified atom stereocenters. The molecule has 0 saturated carbocycles. The van der Waals surface area contributed by atoms with Gasteiger partial charge in [0, 0.05) is 12.1 Å². The lowest BCUT2D eigenvalue weighted by molar-refractivity contribution is -0.122. The van der Waals surface area contributed by atoms with Crippen molar-refractivity contribution in [3.8, 4) is 5.75 Å². The highest BCUT2D eigenvalue weighted by Gasteiger charge is 2.67. The highest BCUT2D eigenvalue weighted by atomic mass is 16.5. The van der Waals surface area contributed by atoms with E-state index in [-0.39, 0.29) is 17.7 Å². The Hall–Kier alpha value is -4.51. The predicted molar refractivity (Wildman–Crippen MR) is 152 cm³/mol. The molecule has 4 aromatic rings. The van der Waals surface area contributed by atoms with Crippen molar-refractivity contribution in [2.45, 2.75) is 25.2 Å². The third kappa shape index (κ3) is 3.29. The second kappa shape index (κ2) is 8.77. The van der Waals surface area contributed by atoms with Gasteiger partial charge in [0.2, 0.25) is 11.8 Å². The predicted octanol–water partition coefficient (Wildman–Crippen LogP) is 6.35. The summed E-state index contributed by atoms with van der Waals surface area (Å²) in [6, 6.07) is 31.8. The summed E-state index contributed by atoms with van der Waals surface area (Å²) in [5.74, 6) is -0.937. The van der Waals surface area contributed by atoms with Gasteiger partial charge in [0.1, 0.15) is 5.75 Å². The van der Waals surface area contributed by atoms with Crippen LogP contribution in [-0.4, -0.2) is 24.6 Å². The van der Waals surface area contributed by atoms with E-state index in [2.05, 4.69) is 24.3 Å². The van der Waals surface area contributed by atoms with Gasteiger partial charge < -0.3 is 4.74 Å². The largest absolute Gasteiger partial charge is 0.494 e. The number of aliphatic imine (C=N–C) groups is 1. The Kier molecular flexibility index (Phi) is 5.31. The fourth-order valence-corrected chi connectivity index (χ4v) is 7.05. The van der Waals surface area contributed by atoms with Gasteiger partial charge in [0.15, 0.2) is 0 Å². The van der Waals surface area contributed by atoms with Crippen molar-refractivity contribution in [1.82, 2.24) is 0 Å². The standard InChI is InChI=1S/C34H28N2O3/c1-3-39-24-17-15-23(16-18-24)36-32(37)30-29-25-11-4-6-13-27(25)34(31(30)33(36)38,28-14-7-5-12-26(28)29)20-35-22-10-8-9-21(2)19-22/h4-20,29-31H,3H2,1-2H3/t29?,30-,31+,34?/m1/s1. The molecule has 4 aromatic carbocycles. The molecule has 8 rings (SSSR count). The topological polar surface area (TPSA) is 59.0 Å². The minimum Gasteiger partial charge on any atom is -0.494 e. The van der Waals surface area contributed by atoms with Crippen LogP contribution in [0.25, 0.3) is 0 Å². The Bertz CT molecular complexity index is 1610. The lowest BCUT2D eigenvalue weighted by Crippen LogP contribution is -2.54. The minimum absolute atomic E-state index is 0.156. The first-order valence-electron chi connectivity index (χ1n) is 13.5. The number of carbonyl (C=O) groups excluding carboxylic acids is 2. The van der Waals surface area contributed by atoms with E-state index in [1.165, 1.54) is 4.90 Å². The molecule has 1 fully saturated rings. The van der Waals surface area contributed by atoms with Gasteiger partial charge in [0.25, 0.3) is 0 Å². The van der Waals surface area contributed by atoms with Gasteiger partial charge in [-0.05, 0) is 78.1 Å². The number of aryl methyl sites for hydroxylation is 1. The second-order valence-corrected chi connectivity index (χ2v) is 10.6. The summed E-state index contributed by atoms with van der Waals surface area (Å²) in [6.45, 7) is 4.51. The first-order chi connectivity index (χ1) is 19.0. The molecule has 2 bridgehead atoms. The maximum atomic E-state index is 14.5. The number of amides is 2. The monoisotopic (exact) mass is 512 g/mol. The smallest absolute Gasteiger partial charge is 0.239 e. The molecule has 0 aromatic heterocycles. The van der Waals surface area contributed by atoms with Gasteiger partial charge >= 0.3 is 0 Å². The summed E-state index contributed by atoms with van der Waals surface area (Å²) >= 11 is 0. The Balaban J connectivity index is 1.45. The highest BCUT2D eigenvalue weighted by Crippen LogP contribution is 2.63. The molecule has 1 saturated heterocycles. The molecule has 5 nitrogen and oxygen atoms in total. The van der Waals surface area contributed by atoms with Crippen LogP contribution in [-0.2, 0) is 15.0 Å². The third-order valence-electron chi connectivity index (χ3n) is 8.51. The van der Waals surface area contributed by atoms with E-state index >= 15 is 0 Å². The number of hydrogen-bond acceptors (Lipinski definition) is 4. The van der Waals surface area contributed by atoms with E-state index < -0.39 is 17.3 Å². The summed E-state index contributed by atoms with van der Waals surface area (Å²) in [5.41, 5.74) is 5.95.